The van der Waals surface area contributed by atoms with Crippen LogP contribution in [0.25, 0.3) is 0 Å². The van der Waals surface area contributed by atoms with E-state index in [4.69, 9.17) is 16.3 Å². The fourth-order valence-electron chi connectivity index (χ4n) is 2.10. The summed E-state index contributed by atoms with van der Waals surface area (Å²) in [7, 11) is 1.60. The van der Waals surface area contributed by atoms with Crippen LogP contribution in [0, 0.1) is 11.8 Å². The van der Waals surface area contributed by atoms with Crippen molar-refractivity contribution < 1.29 is 9.84 Å². The molecule has 1 N–H and O–H groups in total. The van der Waals surface area contributed by atoms with E-state index < -0.39 is 6.10 Å². The molecule has 23 heavy (non-hydrogen) atoms. The quantitative estimate of drug-likeness (QED) is 0.651. The number of hydrogen-bond donors (Lipinski definition) is 1. The van der Waals surface area contributed by atoms with Crippen LogP contribution in [0.4, 0.5) is 0 Å². The highest BCUT2D eigenvalue weighted by molar-refractivity contribution is 6.30. The van der Waals surface area contributed by atoms with Gasteiger partial charge in [0.05, 0.1) is 13.2 Å². The van der Waals surface area contributed by atoms with Gasteiger partial charge < -0.3 is 9.84 Å². The molecule has 0 spiro atoms. The summed E-state index contributed by atoms with van der Waals surface area (Å²) in [6.45, 7) is 3.89. The van der Waals surface area contributed by atoms with E-state index in [1.54, 1.807) is 25.3 Å². The molecule has 0 bridgehead atoms. The first kappa shape index (κ1) is 17.1. The van der Waals surface area contributed by atoms with Crippen LogP contribution in [0.1, 0.15) is 36.6 Å². The highest BCUT2D eigenvalue weighted by Gasteiger charge is 2.10. The molecule has 0 aliphatic heterocycles. The Bertz CT molecular complexity index is 760. The van der Waals surface area contributed by atoms with Gasteiger partial charge in [0.2, 0.25) is 0 Å². The molecule has 1 unspecified atom stereocenters. The lowest BCUT2D eigenvalue weighted by atomic mass is 10.00. The van der Waals surface area contributed by atoms with Crippen LogP contribution in [0.2, 0.25) is 5.02 Å². The Hall–Kier alpha value is -2.21. The van der Waals surface area contributed by atoms with E-state index in [2.05, 4.69) is 11.8 Å². The van der Waals surface area contributed by atoms with Crippen LogP contribution >= 0.6 is 11.6 Å². The number of aliphatic hydroxyl groups is 1. The smallest absolute Gasteiger partial charge is 0.119 e. The molecule has 2 nitrogen and oxygen atoms in total. The lowest BCUT2D eigenvalue weighted by Gasteiger charge is -2.11. The maximum atomic E-state index is 10.4. The summed E-state index contributed by atoms with van der Waals surface area (Å²) in [4.78, 5) is 0. The van der Waals surface area contributed by atoms with Crippen LogP contribution in [0.15, 0.2) is 54.1 Å². The molecular formula is C20H19ClO2. The third-order valence-electron chi connectivity index (χ3n) is 3.25. The standard InChI is InChI=1S/C20H19ClO2/c1-14(2)12-20(22)19-13-18(23-3)11-8-16(19)7-4-15-5-9-17(21)10-6-15/h5-6,8-13,20,22H,1-3H3. The average Bonchev–Trinajstić information content (AvgIpc) is 2.53. The van der Waals surface area contributed by atoms with E-state index in [0.717, 1.165) is 22.3 Å². The van der Waals surface area contributed by atoms with Crippen molar-refractivity contribution in [2.24, 2.45) is 0 Å². The molecule has 0 aliphatic rings. The third kappa shape index (κ3) is 4.89. The highest BCUT2D eigenvalue weighted by atomic mass is 35.5. The van der Waals surface area contributed by atoms with Gasteiger partial charge in [0.25, 0.3) is 0 Å². The second-order valence-corrected chi connectivity index (χ2v) is 5.84. The molecule has 3 heteroatoms. The number of benzene rings is 2. The molecule has 0 saturated carbocycles. The first-order valence-electron chi connectivity index (χ1n) is 7.28. The Labute approximate surface area is 142 Å². The number of halogens is 1. The Morgan fingerprint density at radius 3 is 2.43 bits per heavy atom. The molecule has 1 atom stereocenters. The van der Waals surface area contributed by atoms with Crippen LogP contribution in [0.5, 0.6) is 5.75 Å². The fraction of sp³-hybridized carbons (Fsp3) is 0.200. The number of aliphatic hydroxyl groups excluding tert-OH is 1. The van der Waals surface area contributed by atoms with Crippen molar-refractivity contribution in [3.63, 3.8) is 0 Å². The van der Waals surface area contributed by atoms with E-state index >= 15 is 0 Å². The topological polar surface area (TPSA) is 29.5 Å². The first-order valence-corrected chi connectivity index (χ1v) is 7.66. The monoisotopic (exact) mass is 326 g/mol. The van der Waals surface area contributed by atoms with Crippen molar-refractivity contribution in [1.82, 2.24) is 0 Å². The lowest BCUT2D eigenvalue weighted by molar-refractivity contribution is 0.227. The molecule has 118 valence electrons. The fourth-order valence-corrected chi connectivity index (χ4v) is 2.23. The van der Waals surface area contributed by atoms with Crippen molar-refractivity contribution in [2.75, 3.05) is 7.11 Å². The molecule has 0 aliphatic carbocycles. The van der Waals surface area contributed by atoms with Gasteiger partial charge in [0.1, 0.15) is 5.75 Å². The predicted molar refractivity (Wildman–Crippen MR) is 94.8 cm³/mol. The Balaban J connectivity index is 2.42. The normalized spacial score (nSPS) is 11.2. The predicted octanol–water partition coefficient (Wildman–Crippen LogP) is 4.75. The molecule has 0 radical (unpaired) electrons. The van der Waals surface area contributed by atoms with Gasteiger partial charge in [-0.3, -0.25) is 0 Å². The molecule has 2 rings (SSSR count). The Morgan fingerprint density at radius 1 is 1.13 bits per heavy atom. The summed E-state index contributed by atoms with van der Waals surface area (Å²) >= 11 is 5.88. The summed E-state index contributed by atoms with van der Waals surface area (Å²) in [6.07, 6.45) is 1.08. The zero-order chi connectivity index (χ0) is 16.8. The van der Waals surface area contributed by atoms with Crippen LogP contribution in [-0.2, 0) is 0 Å². The van der Waals surface area contributed by atoms with Gasteiger partial charge >= 0.3 is 0 Å². The van der Waals surface area contributed by atoms with E-state index in [0.29, 0.717) is 10.8 Å². The molecule has 0 amide bonds. The van der Waals surface area contributed by atoms with E-state index in [1.165, 1.54) is 0 Å². The Kier molecular flexibility index (Phi) is 5.87. The average molecular weight is 327 g/mol. The largest absolute Gasteiger partial charge is 0.497 e. The van der Waals surface area contributed by atoms with Crippen LogP contribution in [-0.4, -0.2) is 12.2 Å². The number of allylic oxidation sites excluding steroid dienone is 1. The van der Waals surface area contributed by atoms with Gasteiger partial charge in [-0.05, 0) is 56.3 Å². The number of rotatable bonds is 3. The summed E-state index contributed by atoms with van der Waals surface area (Å²) in [5.41, 5.74) is 3.41. The van der Waals surface area contributed by atoms with E-state index in [-0.39, 0.29) is 0 Å². The summed E-state index contributed by atoms with van der Waals surface area (Å²) in [5, 5.41) is 11.1. The zero-order valence-corrected chi connectivity index (χ0v) is 14.2. The molecular weight excluding hydrogens is 308 g/mol. The van der Waals surface area contributed by atoms with Gasteiger partial charge in [0, 0.05) is 21.7 Å². The van der Waals surface area contributed by atoms with Crippen molar-refractivity contribution in [3.8, 4) is 17.6 Å². The molecule has 0 aromatic heterocycles. The Morgan fingerprint density at radius 2 is 1.83 bits per heavy atom. The van der Waals surface area contributed by atoms with Gasteiger partial charge in [-0.2, -0.15) is 0 Å². The van der Waals surface area contributed by atoms with E-state index in [9.17, 15) is 5.11 Å². The SMILES string of the molecule is COc1ccc(C#Cc2ccc(Cl)cc2)c(C(O)C=C(C)C)c1. The summed E-state index contributed by atoms with van der Waals surface area (Å²) in [5.74, 6) is 6.90. The van der Waals surface area contributed by atoms with Crippen molar-refractivity contribution in [3.05, 3.63) is 75.8 Å². The van der Waals surface area contributed by atoms with Crippen LogP contribution in [0.3, 0.4) is 0 Å². The molecule has 2 aromatic rings. The lowest BCUT2D eigenvalue weighted by Crippen LogP contribution is -1.99. The molecule has 0 saturated heterocycles. The van der Waals surface area contributed by atoms with Crippen LogP contribution < -0.4 is 4.74 Å². The van der Waals surface area contributed by atoms with Gasteiger partial charge in [-0.25, -0.2) is 0 Å². The third-order valence-corrected chi connectivity index (χ3v) is 3.51. The highest BCUT2D eigenvalue weighted by Crippen LogP contribution is 2.25. The number of ether oxygens (including phenoxy) is 1. The van der Waals surface area contributed by atoms with Gasteiger partial charge in [-0.1, -0.05) is 35.1 Å². The minimum absolute atomic E-state index is 0.680. The molecule has 2 aromatic carbocycles. The summed E-state index contributed by atoms with van der Waals surface area (Å²) < 4.78 is 5.25. The van der Waals surface area contributed by atoms with Gasteiger partial charge in [0.15, 0.2) is 0 Å². The first-order chi connectivity index (χ1) is 11.0. The minimum Gasteiger partial charge on any atom is -0.497 e. The minimum atomic E-state index is -0.718. The number of methoxy groups -OCH3 is 1. The van der Waals surface area contributed by atoms with E-state index in [1.807, 2.05) is 44.2 Å². The second-order valence-electron chi connectivity index (χ2n) is 5.40. The maximum Gasteiger partial charge on any atom is 0.119 e. The zero-order valence-electron chi connectivity index (χ0n) is 13.4. The van der Waals surface area contributed by atoms with Crippen molar-refractivity contribution in [2.45, 2.75) is 20.0 Å². The van der Waals surface area contributed by atoms with Crippen molar-refractivity contribution in [1.29, 1.82) is 0 Å². The molecule has 0 heterocycles. The summed E-state index contributed by atoms with van der Waals surface area (Å²) in [6, 6.07) is 12.9. The molecule has 0 fully saturated rings. The van der Waals surface area contributed by atoms with Crippen molar-refractivity contribution >= 4 is 11.6 Å². The maximum absolute atomic E-state index is 10.4. The second kappa shape index (κ2) is 7.87. The number of hydrogen-bond acceptors (Lipinski definition) is 2. The van der Waals surface area contributed by atoms with Gasteiger partial charge in [-0.15, -0.1) is 0 Å².